The van der Waals surface area contributed by atoms with Crippen molar-refractivity contribution >= 4 is 34.8 Å². The number of hydrogen-bond donors (Lipinski definition) is 1. The van der Waals surface area contributed by atoms with Gasteiger partial charge in [-0.25, -0.2) is 4.98 Å². The number of anilines is 1. The van der Waals surface area contributed by atoms with E-state index in [-0.39, 0.29) is 17.0 Å². The fourth-order valence-electron chi connectivity index (χ4n) is 1.60. The van der Waals surface area contributed by atoms with Crippen molar-refractivity contribution in [3.05, 3.63) is 21.9 Å². The number of carbonyl (C=O) groups is 1. The van der Waals surface area contributed by atoms with E-state index in [1.54, 1.807) is 13.2 Å². The van der Waals surface area contributed by atoms with Crippen LogP contribution in [0.25, 0.3) is 0 Å². The van der Waals surface area contributed by atoms with Crippen molar-refractivity contribution in [1.82, 2.24) is 4.98 Å². The van der Waals surface area contributed by atoms with Crippen LogP contribution in [0.2, 0.25) is 10.3 Å². The number of ether oxygens (including phenoxy) is 1. The number of hydrogen-bond acceptors (Lipinski definition) is 3. The molecular formula is C12H16Cl2N2O2. The van der Waals surface area contributed by atoms with E-state index in [4.69, 9.17) is 27.9 Å². The lowest BCUT2D eigenvalue weighted by Gasteiger charge is -2.13. The highest BCUT2D eigenvalue weighted by Crippen LogP contribution is 2.26. The van der Waals surface area contributed by atoms with Crippen molar-refractivity contribution in [2.75, 3.05) is 19.0 Å². The molecule has 4 nitrogen and oxygen atoms in total. The third kappa shape index (κ3) is 4.44. The molecule has 0 aliphatic rings. The third-order valence-electron chi connectivity index (χ3n) is 2.39. The molecule has 0 fully saturated rings. The maximum atomic E-state index is 11.8. The molecule has 1 rings (SSSR count). The Morgan fingerprint density at radius 1 is 1.56 bits per heavy atom. The second-order valence-electron chi connectivity index (χ2n) is 4.24. The SMILES string of the molecule is COCC(C)CC(=O)Nc1c(C)cc(Cl)nc1Cl. The van der Waals surface area contributed by atoms with Crippen molar-refractivity contribution in [2.24, 2.45) is 5.92 Å². The Balaban J connectivity index is 2.70. The van der Waals surface area contributed by atoms with E-state index in [1.165, 1.54) is 0 Å². The molecule has 100 valence electrons. The van der Waals surface area contributed by atoms with Crippen LogP contribution in [-0.2, 0) is 9.53 Å². The van der Waals surface area contributed by atoms with Gasteiger partial charge in [0.05, 0.1) is 5.69 Å². The van der Waals surface area contributed by atoms with Crippen molar-refractivity contribution in [2.45, 2.75) is 20.3 Å². The Morgan fingerprint density at radius 3 is 2.78 bits per heavy atom. The third-order valence-corrected chi connectivity index (χ3v) is 2.86. The summed E-state index contributed by atoms with van der Waals surface area (Å²) in [6.07, 6.45) is 0.367. The first-order valence-corrected chi connectivity index (χ1v) is 6.31. The number of nitrogens with one attached hydrogen (secondary N) is 1. The second kappa shape index (κ2) is 6.92. The molecule has 1 N–H and O–H groups in total. The van der Waals surface area contributed by atoms with Crippen LogP contribution >= 0.6 is 23.2 Å². The summed E-state index contributed by atoms with van der Waals surface area (Å²) in [6.45, 7) is 4.30. The Hall–Kier alpha value is -0.840. The number of aryl methyl sites for hydroxylation is 1. The number of methoxy groups -OCH3 is 1. The summed E-state index contributed by atoms with van der Waals surface area (Å²) in [5, 5.41) is 3.26. The Morgan fingerprint density at radius 2 is 2.22 bits per heavy atom. The molecule has 1 unspecified atom stereocenters. The molecule has 1 aromatic heterocycles. The Labute approximate surface area is 117 Å². The molecule has 0 radical (unpaired) electrons. The first-order valence-electron chi connectivity index (χ1n) is 5.55. The van der Waals surface area contributed by atoms with Gasteiger partial charge in [-0.2, -0.15) is 0 Å². The summed E-state index contributed by atoms with van der Waals surface area (Å²) >= 11 is 11.7. The highest BCUT2D eigenvalue weighted by molar-refractivity contribution is 6.34. The van der Waals surface area contributed by atoms with Gasteiger partial charge in [0.1, 0.15) is 5.15 Å². The van der Waals surface area contributed by atoms with Gasteiger partial charge in [-0.15, -0.1) is 0 Å². The molecule has 1 atom stereocenters. The average molecular weight is 291 g/mol. The summed E-state index contributed by atoms with van der Waals surface area (Å²) in [4.78, 5) is 15.7. The van der Waals surface area contributed by atoms with E-state index in [2.05, 4.69) is 10.3 Å². The predicted octanol–water partition coefficient (Wildman–Crippen LogP) is 3.31. The summed E-state index contributed by atoms with van der Waals surface area (Å²) < 4.78 is 4.98. The van der Waals surface area contributed by atoms with Gasteiger partial charge in [-0.05, 0) is 24.5 Å². The zero-order chi connectivity index (χ0) is 13.7. The van der Waals surface area contributed by atoms with E-state index in [9.17, 15) is 4.79 Å². The normalized spacial score (nSPS) is 12.3. The van der Waals surface area contributed by atoms with E-state index in [0.29, 0.717) is 23.9 Å². The van der Waals surface area contributed by atoms with Crippen molar-refractivity contribution in [1.29, 1.82) is 0 Å². The van der Waals surface area contributed by atoms with Crippen LogP contribution in [0.1, 0.15) is 18.9 Å². The lowest BCUT2D eigenvalue weighted by molar-refractivity contribution is -0.117. The standard InChI is InChI=1S/C12H16Cl2N2O2/c1-7(6-18-3)4-10(17)16-11-8(2)5-9(13)15-12(11)14/h5,7H,4,6H2,1-3H3,(H,16,17). The predicted molar refractivity (Wildman–Crippen MR) is 73.3 cm³/mol. The molecule has 0 saturated heterocycles. The van der Waals surface area contributed by atoms with Crippen LogP contribution in [0.4, 0.5) is 5.69 Å². The summed E-state index contributed by atoms with van der Waals surface area (Å²) in [5.41, 5.74) is 1.29. The minimum Gasteiger partial charge on any atom is -0.384 e. The minimum absolute atomic E-state index is 0.117. The first-order chi connectivity index (χ1) is 8.43. The topological polar surface area (TPSA) is 51.2 Å². The van der Waals surface area contributed by atoms with Crippen molar-refractivity contribution < 1.29 is 9.53 Å². The zero-order valence-corrected chi connectivity index (χ0v) is 12.1. The highest BCUT2D eigenvalue weighted by atomic mass is 35.5. The fraction of sp³-hybridized carbons (Fsp3) is 0.500. The van der Waals surface area contributed by atoms with Crippen LogP contribution in [0.15, 0.2) is 6.07 Å². The van der Waals surface area contributed by atoms with Gasteiger partial charge in [0.25, 0.3) is 0 Å². The quantitative estimate of drug-likeness (QED) is 0.847. The van der Waals surface area contributed by atoms with Gasteiger partial charge in [0, 0.05) is 20.1 Å². The van der Waals surface area contributed by atoms with Crippen LogP contribution in [-0.4, -0.2) is 24.6 Å². The smallest absolute Gasteiger partial charge is 0.224 e. The number of nitrogens with zero attached hydrogens (tertiary/aromatic N) is 1. The Kier molecular flexibility index (Phi) is 5.85. The molecular weight excluding hydrogens is 275 g/mol. The molecule has 6 heteroatoms. The van der Waals surface area contributed by atoms with Gasteiger partial charge in [0.2, 0.25) is 5.91 Å². The molecule has 1 heterocycles. The molecule has 18 heavy (non-hydrogen) atoms. The number of halogens is 2. The van der Waals surface area contributed by atoms with Crippen LogP contribution in [0, 0.1) is 12.8 Å². The van der Waals surface area contributed by atoms with Gasteiger partial charge in [-0.1, -0.05) is 30.1 Å². The highest BCUT2D eigenvalue weighted by Gasteiger charge is 2.13. The van der Waals surface area contributed by atoms with E-state index >= 15 is 0 Å². The maximum absolute atomic E-state index is 11.8. The molecule has 1 amide bonds. The van der Waals surface area contributed by atoms with Gasteiger partial charge >= 0.3 is 0 Å². The summed E-state index contributed by atoms with van der Waals surface area (Å²) in [6, 6.07) is 1.65. The number of aromatic nitrogens is 1. The number of carbonyl (C=O) groups excluding carboxylic acids is 1. The zero-order valence-electron chi connectivity index (χ0n) is 10.6. The monoisotopic (exact) mass is 290 g/mol. The van der Waals surface area contributed by atoms with Crippen LogP contribution in [0.5, 0.6) is 0 Å². The Bertz CT molecular complexity index is 415. The van der Waals surface area contributed by atoms with Gasteiger partial charge < -0.3 is 10.1 Å². The van der Waals surface area contributed by atoms with E-state index < -0.39 is 0 Å². The van der Waals surface area contributed by atoms with E-state index in [0.717, 1.165) is 5.56 Å². The van der Waals surface area contributed by atoms with Crippen LogP contribution in [0.3, 0.4) is 0 Å². The molecule has 0 aromatic carbocycles. The molecule has 0 aliphatic heterocycles. The summed E-state index contributed by atoms with van der Waals surface area (Å²) in [7, 11) is 1.61. The molecule has 0 bridgehead atoms. The lowest BCUT2D eigenvalue weighted by atomic mass is 10.1. The second-order valence-corrected chi connectivity index (χ2v) is 4.99. The van der Waals surface area contributed by atoms with Crippen molar-refractivity contribution in [3.63, 3.8) is 0 Å². The molecule has 0 spiro atoms. The number of rotatable bonds is 5. The van der Waals surface area contributed by atoms with E-state index in [1.807, 2.05) is 13.8 Å². The molecule has 1 aromatic rings. The van der Waals surface area contributed by atoms with Crippen molar-refractivity contribution in [3.8, 4) is 0 Å². The van der Waals surface area contributed by atoms with Gasteiger partial charge in [0.15, 0.2) is 5.15 Å². The van der Waals surface area contributed by atoms with Crippen LogP contribution < -0.4 is 5.32 Å². The fourth-order valence-corrected chi connectivity index (χ4v) is 2.17. The van der Waals surface area contributed by atoms with Gasteiger partial charge in [-0.3, -0.25) is 4.79 Å². The summed E-state index contributed by atoms with van der Waals surface area (Å²) in [5.74, 6) is 0.0306. The minimum atomic E-state index is -0.117. The molecule has 0 aliphatic carbocycles. The molecule has 0 saturated carbocycles. The maximum Gasteiger partial charge on any atom is 0.224 e. The lowest BCUT2D eigenvalue weighted by Crippen LogP contribution is -2.18. The number of amides is 1. The number of pyridine rings is 1. The first kappa shape index (κ1) is 15.2. The largest absolute Gasteiger partial charge is 0.384 e. The average Bonchev–Trinajstić information content (AvgIpc) is 2.23.